The van der Waals surface area contributed by atoms with Crippen molar-refractivity contribution in [2.45, 2.75) is 143 Å². The zero-order valence-electron chi connectivity index (χ0n) is 32.4. The van der Waals surface area contributed by atoms with E-state index in [0.717, 1.165) is 20.8 Å². The molecule has 20 atom stereocenters. The molecule has 0 radical (unpaired) electrons. The van der Waals surface area contributed by atoms with Gasteiger partial charge in [0.15, 0.2) is 24.9 Å². The third kappa shape index (κ3) is 10.7. The van der Waals surface area contributed by atoms with Crippen molar-refractivity contribution in [2.75, 3.05) is 47.6 Å². The molecule has 4 aliphatic heterocycles. The number of likely N-dealkylation sites (N-methyl/N-ethyl adjacent to an activating group) is 1. The second-order valence-electron chi connectivity index (χ2n) is 15.5. The Morgan fingerprint density at radius 1 is 0.491 bits per heavy atom. The molecule has 57 heavy (non-hydrogen) atoms. The summed E-state index contributed by atoms with van der Waals surface area (Å²) in [5.74, 6) is -2.07. The molecule has 0 spiro atoms. The third-order valence-electron chi connectivity index (χ3n) is 10.3. The maximum absolute atomic E-state index is 12.5. The van der Waals surface area contributed by atoms with Crippen LogP contribution in [0, 0.1) is 0 Å². The summed E-state index contributed by atoms with van der Waals surface area (Å²) in [7, 11) is 5.01. The largest absolute Gasteiger partial charge is 0.394 e. The Morgan fingerprint density at radius 3 is 1.19 bits per heavy atom. The number of quaternary nitrogens is 1. The Hall–Kier alpha value is -2.31. The molecule has 4 saturated heterocycles. The van der Waals surface area contributed by atoms with Gasteiger partial charge in [0.2, 0.25) is 24.0 Å². The van der Waals surface area contributed by atoms with E-state index >= 15 is 0 Å². The number of nitrogens with one attached hydrogen (secondary N) is 3. The van der Waals surface area contributed by atoms with Crippen molar-refractivity contribution >= 4 is 17.7 Å². The zero-order valence-corrected chi connectivity index (χ0v) is 32.4. The highest BCUT2D eigenvalue weighted by molar-refractivity contribution is 5.74. The van der Waals surface area contributed by atoms with Crippen LogP contribution in [-0.4, -0.2) is 243 Å². The van der Waals surface area contributed by atoms with Crippen LogP contribution >= 0.6 is 0 Å². The summed E-state index contributed by atoms with van der Waals surface area (Å²) in [4.78, 5) is 36.6. The topological polar surface area (TPSA) is 354 Å². The van der Waals surface area contributed by atoms with Crippen LogP contribution in [0.2, 0.25) is 0 Å². The van der Waals surface area contributed by atoms with E-state index in [9.17, 15) is 65.4 Å². The minimum atomic E-state index is -1.86. The molecule has 0 bridgehead atoms. The van der Waals surface area contributed by atoms with E-state index in [1.165, 1.54) is 0 Å². The van der Waals surface area contributed by atoms with Crippen molar-refractivity contribution in [3.63, 3.8) is 0 Å². The van der Waals surface area contributed by atoms with Gasteiger partial charge in [-0.15, -0.1) is 0 Å². The number of aliphatic hydroxyl groups excluding tert-OH is 10. The molecule has 4 heterocycles. The van der Waals surface area contributed by atoms with E-state index in [0.29, 0.717) is 0 Å². The molecule has 3 amide bonds. The number of hydrogen-bond donors (Lipinski definition) is 13. The molecule has 1 unspecified atom stereocenters. The SMILES string of the molecule is CC(=O)N[C@@H]1[C@@H](O[C@H]2[C@H](O)[C@@H](NC(C)=O)C(O)O[C@@H]2CO)O[C@@H](CO)[C@H](O[C@H]2O[C@@H](CO)[C@H](O[C@@H]3O[C@H](CO)[C@@H](O)[C@H](O)[C@H]3[N+](C)(C)C)[C@@H](O)[C@@H]2NC(C)=O)[C@H]1O. The lowest BCUT2D eigenvalue weighted by Gasteiger charge is -2.51. The van der Waals surface area contributed by atoms with E-state index in [4.69, 9.17) is 33.2 Å². The van der Waals surface area contributed by atoms with Gasteiger partial charge in [-0.05, 0) is 0 Å². The molecule has 4 aliphatic rings. The van der Waals surface area contributed by atoms with Crippen molar-refractivity contribution in [1.29, 1.82) is 0 Å². The average Bonchev–Trinajstić information content (AvgIpc) is 3.12. The van der Waals surface area contributed by atoms with Gasteiger partial charge in [-0.3, -0.25) is 14.4 Å². The number of aliphatic hydroxyl groups is 10. The number of amides is 3. The number of carbonyl (C=O) groups excluding carboxylic acids is 3. The predicted molar refractivity (Wildman–Crippen MR) is 184 cm³/mol. The monoisotopic (exact) mass is 831 g/mol. The minimum Gasteiger partial charge on any atom is -0.394 e. The second kappa shape index (κ2) is 19.8. The van der Waals surface area contributed by atoms with Crippen LogP contribution in [-0.2, 0) is 47.5 Å². The van der Waals surface area contributed by atoms with Crippen LogP contribution in [0.4, 0.5) is 0 Å². The molecule has 330 valence electrons. The Kier molecular flexibility index (Phi) is 16.5. The molecule has 0 saturated carbocycles. The normalized spacial score (nSPS) is 44.2. The number of nitrogens with zero attached hydrogens (tertiary/aromatic N) is 1. The van der Waals surface area contributed by atoms with Gasteiger partial charge in [-0.2, -0.15) is 0 Å². The van der Waals surface area contributed by atoms with Gasteiger partial charge in [0, 0.05) is 20.8 Å². The summed E-state index contributed by atoms with van der Waals surface area (Å²) in [5, 5.41) is 114. The first kappa shape index (κ1) is 47.4. The summed E-state index contributed by atoms with van der Waals surface area (Å²) in [6, 6.07) is -5.57. The van der Waals surface area contributed by atoms with Crippen LogP contribution in [0.25, 0.3) is 0 Å². The van der Waals surface area contributed by atoms with Crippen LogP contribution in [0.5, 0.6) is 0 Å². The standard InChI is InChI=1S/C33H58N4O20/c1-11(42)34-18-23(46)27(15(8-39)51-30(18)50)55-31-19(35-12(2)43)24(47)28(16(9-40)53-31)56-32-20(36-13(3)44)25(48)29(17(10-41)54-32)57-33-21(37(4,5)6)26(49)22(45)14(7-38)52-33/h14-33,38-41,45-50H,7-10H2,1-6H3,(H2-,34,35,36,42,43,44)/p+1/t14-,15-,16+,17+,18-,19+,20+,21-,22-,23-,24+,25+,26-,27-,28+,29+,30?,31-,32-,33+/m1/s1. The molecule has 0 aliphatic carbocycles. The smallest absolute Gasteiger partial charge is 0.217 e. The van der Waals surface area contributed by atoms with Crippen molar-refractivity contribution in [2.24, 2.45) is 0 Å². The highest BCUT2D eigenvalue weighted by Gasteiger charge is 2.57. The van der Waals surface area contributed by atoms with Crippen LogP contribution < -0.4 is 16.0 Å². The lowest BCUT2D eigenvalue weighted by molar-refractivity contribution is -0.910. The molecule has 0 aromatic heterocycles. The average molecular weight is 832 g/mol. The van der Waals surface area contributed by atoms with Crippen LogP contribution in [0.15, 0.2) is 0 Å². The van der Waals surface area contributed by atoms with Gasteiger partial charge >= 0.3 is 0 Å². The molecule has 24 nitrogen and oxygen atoms in total. The van der Waals surface area contributed by atoms with Gasteiger partial charge in [0.1, 0.15) is 91.4 Å². The van der Waals surface area contributed by atoms with E-state index in [-0.39, 0.29) is 4.48 Å². The first-order valence-electron chi connectivity index (χ1n) is 18.4. The lowest BCUT2D eigenvalue weighted by atomic mass is 9.92. The third-order valence-corrected chi connectivity index (χ3v) is 10.3. The number of hydrogen-bond acceptors (Lipinski definition) is 20. The molecule has 4 fully saturated rings. The van der Waals surface area contributed by atoms with Crippen molar-refractivity contribution in [1.82, 2.24) is 16.0 Å². The molecule has 24 heteroatoms. The Bertz CT molecular complexity index is 1350. The summed E-state index contributed by atoms with van der Waals surface area (Å²) >= 11 is 0. The van der Waals surface area contributed by atoms with Crippen molar-refractivity contribution in [3.8, 4) is 0 Å². The van der Waals surface area contributed by atoms with Crippen molar-refractivity contribution < 1.29 is 103 Å². The fourth-order valence-electron chi connectivity index (χ4n) is 7.59. The predicted octanol–water partition coefficient (Wildman–Crippen LogP) is -8.60. The summed E-state index contributed by atoms with van der Waals surface area (Å²) in [5.41, 5.74) is 0. The maximum atomic E-state index is 12.5. The molecular formula is C33H59N4O20+. The molecule has 13 N–H and O–H groups in total. The first-order valence-corrected chi connectivity index (χ1v) is 18.4. The van der Waals surface area contributed by atoms with E-state index < -0.39 is 167 Å². The fourth-order valence-corrected chi connectivity index (χ4v) is 7.59. The van der Waals surface area contributed by atoms with E-state index in [2.05, 4.69) is 16.0 Å². The number of carbonyl (C=O) groups is 3. The van der Waals surface area contributed by atoms with Gasteiger partial charge in [0.05, 0.1) is 47.6 Å². The summed E-state index contributed by atoms with van der Waals surface area (Å²) < 4.78 is 41.2. The van der Waals surface area contributed by atoms with E-state index in [1.807, 2.05) is 0 Å². The molecular weight excluding hydrogens is 772 g/mol. The quantitative estimate of drug-likeness (QED) is 0.0723. The van der Waals surface area contributed by atoms with Gasteiger partial charge in [-0.25, -0.2) is 0 Å². The molecule has 4 rings (SSSR count). The lowest BCUT2D eigenvalue weighted by Crippen LogP contribution is -2.72. The van der Waals surface area contributed by atoms with E-state index in [1.54, 1.807) is 21.1 Å². The Balaban J connectivity index is 1.62. The fraction of sp³-hybridized carbons (Fsp3) is 0.909. The Labute approximate surface area is 327 Å². The first-order chi connectivity index (χ1) is 26.7. The summed E-state index contributed by atoms with van der Waals surface area (Å²) in [6.45, 7) is 0.0746. The molecule has 0 aromatic carbocycles. The van der Waals surface area contributed by atoms with Gasteiger partial charge in [0.25, 0.3) is 0 Å². The van der Waals surface area contributed by atoms with Gasteiger partial charge in [-0.1, -0.05) is 0 Å². The number of ether oxygens (including phenoxy) is 7. The Morgan fingerprint density at radius 2 is 0.825 bits per heavy atom. The highest BCUT2D eigenvalue weighted by Crippen LogP contribution is 2.35. The number of rotatable bonds is 14. The minimum absolute atomic E-state index is 0.0388. The van der Waals surface area contributed by atoms with Crippen LogP contribution in [0.3, 0.4) is 0 Å². The van der Waals surface area contributed by atoms with Crippen LogP contribution in [0.1, 0.15) is 20.8 Å². The molecule has 0 aromatic rings. The van der Waals surface area contributed by atoms with Gasteiger partial charge < -0.3 is 105 Å². The maximum Gasteiger partial charge on any atom is 0.217 e. The summed E-state index contributed by atoms with van der Waals surface area (Å²) in [6.07, 6.45) is -25.5. The zero-order chi connectivity index (χ0) is 42.7. The van der Waals surface area contributed by atoms with Crippen molar-refractivity contribution in [3.05, 3.63) is 0 Å². The second-order valence-corrected chi connectivity index (χ2v) is 15.5. The highest BCUT2D eigenvalue weighted by atomic mass is 16.8.